The summed E-state index contributed by atoms with van der Waals surface area (Å²) < 4.78 is 0. The van der Waals surface area contributed by atoms with E-state index >= 15 is 0 Å². The zero-order valence-electron chi connectivity index (χ0n) is 16.8. The maximum Gasteiger partial charge on any atom is 0.276 e. The number of rotatable bonds is 4. The third-order valence-corrected chi connectivity index (χ3v) is 5.16. The van der Waals surface area contributed by atoms with Crippen LogP contribution in [-0.2, 0) is 0 Å². The molecule has 148 valence electrons. The summed E-state index contributed by atoms with van der Waals surface area (Å²) in [5, 5.41) is 11.3. The molecule has 0 aliphatic carbocycles. The zero-order chi connectivity index (χ0) is 20.2. The Morgan fingerprint density at radius 1 is 0.828 bits per heavy atom. The van der Waals surface area contributed by atoms with Gasteiger partial charge < -0.3 is 15.1 Å². The Kier molecular flexibility index (Phi) is 5.42. The number of nitrogens with one attached hydrogen (secondary N) is 1. The van der Waals surface area contributed by atoms with E-state index in [2.05, 4.69) is 56.5 Å². The average molecular weight is 387 g/mol. The molecule has 2 heterocycles. The van der Waals surface area contributed by atoms with Crippen molar-refractivity contribution in [2.75, 3.05) is 41.3 Å². The zero-order valence-corrected chi connectivity index (χ0v) is 16.8. The number of aryl methyl sites for hydroxylation is 2. The van der Waals surface area contributed by atoms with Crippen molar-refractivity contribution in [1.29, 1.82) is 0 Å². The highest BCUT2D eigenvalue weighted by molar-refractivity contribution is 6.02. The molecule has 0 atom stereocenters. The summed E-state index contributed by atoms with van der Waals surface area (Å²) in [5.74, 6) is 0.554. The molecule has 3 aromatic rings. The van der Waals surface area contributed by atoms with E-state index in [9.17, 15) is 4.79 Å². The maximum atomic E-state index is 12.4. The third-order valence-electron chi connectivity index (χ3n) is 5.16. The maximum absolute atomic E-state index is 12.4. The average Bonchev–Trinajstić information content (AvgIpc) is 2.75. The SMILES string of the molecule is Cc1ccc(NC(=O)c2ccc(N3CCN(c4cccc(C)c4)CC3)nn2)cc1. The lowest BCUT2D eigenvalue weighted by Gasteiger charge is -2.36. The predicted octanol–water partition coefficient (Wildman–Crippen LogP) is 3.67. The van der Waals surface area contributed by atoms with Crippen molar-refractivity contribution >= 4 is 23.1 Å². The van der Waals surface area contributed by atoms with Gasteiger partial charge in [-0.15, -0.1) is 10.2 Å². The van der Waals surface area contributed by atoms with Crippen molar-refractivity contribution in [2.24, 2.45) is 0 Å². The number of aromatic nitrogens is 2. The van der Waals surface area contributed by atoms with Gasteiger partial charge >= 0.3 is 0 Å². The highest BCUT2D eigenvalue weighted by atomic mass is 16.1. The van der Waals surface area contributed by atoms with Crippen molar-refractivity contribution in [3.63, 3.8) is 0 Å². The molecule has 1 aromatic heterocycles. The van der Waals surface area contributed by atoms with E-state index in [1.807, 2.05) is 37.3 Å². The molecule has 4 rings (SSSR count). The molecule has 0 unspecified atom stereocenters. The molecule has 6 heteroatoms. The molecule has 0 radical (unpaired) electrons. The van der Waals surface area contributed by atoms with E-state index in [1.54, 1.807) is 6.07 Å². The van der Waals surface area contributed by atoms with Crippen molar-refractivity contribution in [3.8, 4) is 0 Å². The minimum absolute atomic E-state index is 0.253. The number of carbonyl (C=O) groups is 1. The van der Waals surface area contributed by atoms with Crippen molar-refractivity contribution < 1.29 is 4.79 Å². The molecule has 1 aliphatic rings. The lowest BCUT2D eigenvalue weighted by Crippen LogP contribution is -2.47. The summed E-state index contributed by atoms with van der Waals surface area (Å²) in [6.07, 6.45) is 0. The first kappa shape index (κ1) is 18.9. The largest absolute Gasteiger partial charge is 0.368 e. The van der Waals surface area contributed by atoms with Crippen LogP contribution in [0.1, 0.15) is 21.6 Å². The molecule has 6 nitrogen and oxygen atoms in total. The summed E-state index contributed by atoms with van der Waals surface area (Å²) in [6.45, 7) is 7.74. The van der Waals surface area contributed by atoms with Gasteiger partial charge in [0.15, 0.2) is 11.5 Å². The fraction of sp³-hybridized carbons (Fsp3) is 0.261. The van der Waals surface area contributed by atoms with Crippen molar-refractivity contribution in [3.05, 3.63) is 77.5 Å². The number of nitrogens with zero attached hydrogens (tertiary/aromatic N) is 4. The Balaban J connectivity index is 1.36. The lowest BCUT2D eigenvalue weighted by molar-refractivity contribution is 0.102. The lowest BCUT2D eigenvalue weighted by atomic mass is 10.2. The van der Waals surface area contributed by atoms with Gasteiger partial charge in [0.25, 0.3) is 5.91 Å². The number of piperazine rings is 1. The molecule has 2 aromatic carbocycles. The van der Waals surface area contributed by atoms with Crippen LogP contribution in [0, 0.1) is 13.8 Å². The van der Waals surface area contributed by atoms with E-state index in [1.165, 1.54) is 11.3 Å². The molecule has 1 amide bonds. The minimum Gasteiger partial charge on any atom is -0.368 e. The van der Waals surface area contributed by atoms with Gasteiger partial charge in [-0.1, -0.05) is 29.8 Å². The van der Waals surface area contributed by atoms with Crippen LogP contribution in [0.2, 0.25) is 0 Å². The highest BCUT2D eigenvalue weighted by Gasteiger charge is 2.19. The van der Waals surface area contributed by atoms with Gasteiger partial charge in [0.05, 0.1) is 0 Å². The second kappa shape index (κ2) is 8.31. The highest BCUT2D eigenvalue weighted by Crippen LogP contribution is 2.20. The molecule has 0 bridgehead atoms. The molecule has 1 aliphatic heterocycles. The van der Waals surface area contributed by atoms with Gasteiger partial charge in [-0.2, -0.15) is 0 Å². The van der Waals surface area contributed by atoms with Gasteiger partial charge in [-0.05, 0) is 55.8 Å². The van der Waals surface area contributed by atoms with E-state index in [-0.39, 0.29) is 5.91 Å². The van der Waals surface area contributed by atoms with Gasteiger partial charge in [0, 0.05) is 37.6 Å². The van der Waals surface area contributed by atoms with E-state index < -0.39 is 0 Å². The molecule has 0 spiro atoms. The summed E-state index contributed by atoms with van der Waals surface area (Å²) in [4.78, 5) is 17.0. The van der Waals surface area contributed by atoms with Gasteiger partial charge in [-0.3, -0.25) is 4.79 Å². The Hall–Kier alpha value is -3.41. The second-order valence-electron chi connectivity index (χ2n) is 7.41. The summed E-state index contributed by atoms with van der Waals surface area (Å²) in [7, 11) is 0. The molecule has 1 saturated heterocycles. The molecule has 1 N–H and O–H groups in total. The Morgan fingerprint density at radius 3 is 2.21 bits per heavy atom. The third kappa shape index (κ3) is 4.54. The van der Waals surface area contributed by atoms with Crippen LogP contribution in [0.5, 0.6) is 0 Å². The van der Waals surface area contributed by atoms with Crippen molar-refractivity contribution in [2.45, 2.75) is 13.8 Å². The number of hydrogen-bond acceptors (Lipinski definition) is 5. The van der Waals surface area contributed by atoms with Crippen LogP contribution in [0.4, 0.5) is 17.2 Å². The van der Waals surface area contributed by atoms with Crippen LogP contribution in [0.25, 0.3) is 0 Å². The molecule has 29 heavy (non-hydrogen) atoms. The Labute approximate surface area is 171 Å². The normalized spacial score (nSPS) is 14.0. The smallest absolute Gasteiger partial charge is 0.276 e. The number of benzene rings is 2. The van der Waals surface area contributed by atoms with Crippen LogP contribution < -0.4 is 15.1 Å². The first-order valence-electron chi connectivity index (χ1n) is 9.87. The summed E-state index contributed by atoms with van der Waals surface area (Å²) in [5.41, 5.74) is 4.75. The minimum atomic E-state index is -0.253. The molecular formula is C23H25N5O. The summed E-state index contributed by atoms with van der Waals surface area (Å²) in [6, 6.07) is 19.9. The van der Waals surface area contributed by atoms with Crippen LogP contribution in [0.15, 0.2) is 60.7 Å². The molecule has 1 fully saturated rings. The fourth-order valence-electron chi connectivity index (χ4n) is 3.47. The Morgan fingerprint density at radius 2 is 1.55 bits per heavy atom. The van der Waals surface area contributed by atoms with Gasteiger partial charge in [0.2, 0.25) is 0 Å². The van der Waals surface area contributed by atoms with E-state index in [4.69, 9.17) is 0 Å². The number of amides is 1. The first-order chi connectivity index (χ1) is 14.1. The van der Waals surface area contributed by atoms with Gasteiger partial charge in [0.1, 0.15) is 0 Å². The molecular weight excluding hydrogens is 362 g/mol. The Bertz CT molecular complexity index is 977. The summed E-state index contributed by atoms with van der Waals surface area (Å²) >= 11 is 0. The monoisotopic (exact) mass is 387 g/mol. The number of anilines is 3. The molecule has 0 saturated carbocycles. The van der Waals surface area contributed by atoms with Crippen LogP contribution >= 0.6 is 0 Å². The van der Waals surface area contributed by atoms with Crippen molar-refractivity contribution in [1.82, 2.24) is 10.2 Å². The van der Waals surface area contributed by atoms with Gasteiger partial charge in [-0.25, -0.2) is 0 Å². The van der Waals surface area contributed by atoms with Crippen LogP contribution in [0.3, 0.4) is 0 Å². The van der Waals surface area contributed by atoms with E-state index in [0.717, 1.165) is 43.2 Å². The first-order valence-corrected chi connectivity index (χ1v) is 9.87. The fourth-order valence-corrected chi connectivity index (χ4v) is 3.47. The standard InChI is InChI=1S/C23H25N5O/c1-17-6-8-19(9-7-17)24-23(29)21-10-11-22(26-25-21)28-14-12-27(13-15-28)20-5-3-4-18(2)16-20/h3-11,16H,12-15H2,1-2H3,(H,24,29). The van der Waals surface area contributed by atoms with E-state index in [0.29, 0.717) is 5.69 Å². The number of carbonyl (C=O) groups excluding carboxylic acids is 1. The quantitative estimate of drug-likeness (QED) is 0.740. The second-order valence-corrected chi connectivity index (χ2v) is 7.41. The van der Waals surface area contributed by atoms with Crippen LogP contribution in [-0.4, -0.2) is 42.3 Å². The topological polar surface area (TPSA) is 61.4 Å². The predicted molar refractivity (Wildman–Crippen MR) is 117 cm³/mol. The number of hydrogen-bond donors (Lipinski definition) is 1.